The Morgan fingerprint density at radius 3 is 2.05 bits per heavy atom. The molecule has 5 heterocycles. The number of nitrogens with zero attached hydrogens (tertiary/aromatic N) is 3. The Hall–Kier alpha value is -1.55. The summed E-state index contributed by atoms with van der Waals surface area (Å²) >= 11 is 0. The molecular weight excluding hydrogens is 823 g/mol. The van der Waals surface area contributed by atoms with Gasteiger partial charge in [0.15, 0.2) is 24.7 Å². The highest BCUT2D eigenvalue weighted by Crippen LogP contribution is 2.70. The molecule has 26 atom stereocenters. The van der Waals surface area contributed by atoms with Gasteiger partial charge in [-0.3, -0.25) is 0 Å². The molecule has 8 fully saturated rings. The minimum absolute atomic E-state index is 0.0345. The molecule has 63 heavy (non-hydrogen) atoms. The van der Waals surface area contributed by atoms with Crippen LogP contribution in [0.15, 0.2) is 16.8 Å². The van der Waals surface area contributed by atoms with Crippen molar-refractivity contribution in [3.63, 3.8) is 0 Å². The van der Waals surface area contributed by atoms with E-state index in [0.717, 1.165) is 51.6 Å². The number of aliphatic hydroxyl groups is 7. The van der Waals surface area contributed by atoms with Crippen molar-refractivity contribution in [1.29, 1.82) is 0 Å². The lowest BCUT2D eigenvalue weighted by Crippen LogP contribution is -2.66. The summed E-state index contributed by atoms with van der Waals surface area (Å²) in [6, 6.07) is 0. The Morgan fingerprint density at radius 1 is 0.746 bits per heavy atom. The number of hydrogen-bond donors (Lipinski definition) is 7. The normalized spacial score (nSPS) is 56.7. The van der Waals surface area contributed by atoms with Gasteiger partial charge in [-0.1, -0.05) is 44.5 Å². The first kappa shape index (κ1) is 46.6. The van der Waals surface area contributed by atoms with Gasteiger partial charge < -0.3 is 73.6 Å². The number of rotatable bonds is 8. The summed E-state index contributed by atoms with van der Waals surface area (Å²) in [5.41, 5.74) is 10.8. The van der Waals surface area contributed by atoms with Crippen LogP contribution in [-0.2, 0) is 37.9 Å². The maximum Gasteiger partial charge on any atom is 0.187 e. The monoisotopic (exact) mass is 893 g/mol. The van der Waals surface area contributed by atoms with Crippen LogP contribution < -0.4 is 0 Å². The molecule has 18 heteroatoms. The van der Waals surface area contributed by atoms with E-state index in [9.17, 15) is 41.3 Å². The summed E-state index contributed by atoms with van der Waals surface area (Å²) in [4.78, 5) is 2.88. The van der Waals surface area contributed by atoms with Crippen LogP contribution >= 0.6 is 0 Å². The molecule has 0 amide bonds. The number of allylic oxidation sites excluding steroid dienone is 1. The molecule has 7 N–H and O–H groups in total. The number of hydrogen-bond acceptors (Lipinski definition) is 16. The van der Waals surface area contributed by atoms with Gasteiger partial charge >= 0.3 is 0 Å². The van der Waals surface area contributed by atoms with E-state index in [4.69, 9.17) is 37.9 Å². The third kappa shape index (κ3) is 7.83. The van der Waals surface area contributed by atoms with Crippen LogP contribution in [0.4, 0.5) is 0 Å². The van der Waals surface area contributed by atoms with Crippen molar-refractivity contribution in [2.24, 2.45) is 51.5 Å². The van der Waals surface area contributed by atoms with Gasteiger partial charge in [0, 0.05) is 17.3 Å². The highest BCUT2D eigenvalue weighted by molar-refractivity contribution is 5.26. The Kier molecular flexibility index (Phi) is 12.9. The fraction of sp³-hybridized carbons (Fsp3) is 0.956. The molecular formula is C45H71N3O15. The number of fused-ring (bicyclic) bond motifs is 7. The highest BCUT2D eigenvalue weighted by Gasteiger charge is 2.69. The number of aliphatic hydroxyl groups excluding tert-OH is 7. The average Bonchev–Trinajstić information content (AvgIpc) is 3.71. The third-order valence-corrected chi connectivity index (χ3v) is 17.8. The molecule has 3 saturated carbocycles. The minimum Gasteiger partial charge on any atom is -0.388 e. The Labute approximate surface area is 369 Å². The Morgan fingerprint density at radius 2 is 1.41 bits per heavy atom. The summed E-state index contributed by atoms with van der Waals surface area (Å²) in [7, 11) is 0. The molecule has 9 aliphatic rings. The molecule has 0 radical (unpaired) electrons. The van der Waals surface area contributed by atoms with E-state index >= 15 is 0 Å². The fourth-order valence-electron chi connectivity index (χ4n) is 14.1. The molecule has 18 nitrogen and oxygen atoms in total. The predicted molar refractivity (Wildman–Crippen MR) is 220 cm³/mol. The zero-order valence-electron chi connectivity index (χ0n) is 37.4. The van der Waals surface area contributed by atoms with Crippen molar-refractivity contribution < 1.29 is 73.6 Å². The first-order valence-electron chi connectivity index (χ1n) is 23.6. The van der Waals surface area contributed by atoms with Crippen LogP contribution in [0.5, 0.6) is 0 Å². The van der Waals surface area contributed by atoms with E-state index in [0.29, 0.717) is 48.3 Å². The predicted octanol–water partition coefficient (Wildman–Crippen LogP) is 2.56. The summed E-state index contributed by atoms with van der Waals surface area (Å²) in [6.07, 6.45) is -10.7. The van der Waals surface area contributed by atoms with E-state index in [1.807, 2.05) is 0 Å². The van der Waals surface area contributed by atoms with Crippen molar-refractivity contribution >= 4 is 0 Å². The molecule has 5 saturated heterocycles. The molecule has 9 rings (SSSR count). The van der Waals surface area contributed by atoms with Gasteiger partial charge in [-0.15, -0.1) is 0 Å². The molecule has 0 aromatic heterocycles. The van der Waals surface area contributed by atoms with Gasteiger partial charge in [-0.05, 0) is 111 Å². The van der Waals surface area contributed by atoms with Crippen molar-refractivity contribution in [3.05, 3.63) is 22.1 Å². The quantitative estimate of drug-likeness (QED) is 0.0800. The van der Waals surface area contributed by atoms with Crippen LogP contribution in [0.3, 0.4) is 0 Å². The van der Waals surface area contributed by atoms with Gasteiger partial charge in [0.05, 0.1) is 43.7 Å². The molecule has 356 valence electrons. The molecule has 0 aromatic rings. The van der Waals surface area contributed by atoms with Gasteiger partial charge in [0.1, 0.15) is 54.9 Å². The smallest absolute Gasteiger partial charge is 0.187 e. The second-order valence-electron chi connectivity index (χ2n) is 21.3. The largest absolute Gasteiger partial charge is 0.388 e. The van der Waals surface area contributed by atoms with Gasteiger partial charge in [-0.25, -0.2) is 0 Å². The lowest BCUT2D eigenvalue weighted by molar-refractivity contribution is -0.386. The summed E-state index contributed by atoms with van der Waals surface area (Å²) in [5, 5.41) is 79.5. The van der Waals surface area contributed by atoms with Gasteiger partial charge in [0.25, 0.3) is 0 Å². The van der Waals surface area contributed by atoms with E-state index in [2.05, 4.69) is 43.8 Å². The number of ether oxygens (including phenoxy) is 8. The SMILES string of the molecule is C[C@@H]1CC[C@@]2(OC1)O[C@H]1C[C@H]3[C@@H]4CC=C5C[C@@H](O[C@@H]6O[C@H](CN=[N+]=[N-])[C@@H](O[C@H]7O[C@H](C)[C@@H](O)[C@H](O)[C@@H]7O)[C@H](O)[C@H]6O[C@H]6O[C@H](C)[C@@H](O)[C@H](O)[C@@H]6O)CC[C@]5(C)[C@H]4CC[C@]3(C)[C@H]1[C@@H]2C. The van der Waals surface area contributed by atoms with Crippen molar-refractivity contribution in [2.45, 2.75) is 209 Å². The van der Waals surface area contributed by atoms with Crippen LogP contribution in [-0.4, -0.2) is 159 Å². The Balaban J connectivity index is 0.934. The summed E-state index contributed by atoms with van der Waals surface area (Å²) in [5.74, 6) is 2.57. The first-order valence-corrected chi connectivity index (χ1v) is 23.6. The maximum atomic E-state index is 12.1. The Bertz CT molecular complexity index is 1730. The summed E-state index contributed by atoms with van der Waals surface area (Å²) in [6.45, 7) is 13.0. The first-order chi connectivity index (χ1) is 29.9. The van der Waals surface area contributed by atoms with E-state index in [-0.39, 0.29) is 29.6 Å². The van der Waals surface area contributed by atoms with Crippen molar-refractivity contribution in [2.75, 3.05) is 13.2 Å². The standard InChI is InChI=1S/C45H71N3O15/c1-19-9-14-45(56-18-19)20(2)30-28(63-45)16-27-25-8-7-23-15-24(10-12-43(23,5)26(25)11-13-44(27,30)6)59-42-39(62-41-36(54)34(52)32(50)22(4)58-41)37(55)38(29(60-42)17-47-48-46)61-40-35(53)33(51)31(49)21(3)57-40/h7,19-22,24-42,49-55H,8-18H2,1-6H3/t19-,20+,21-,22-,24+,25-,26+,27+,28+,29-,30+,31-,32-,33+,34+,35+,36+,37+,38-,39-,40-,41-,42-,43+,44+,45-/m1/s1. The molecule has 4 aliphatic carbocycles. The molecule has 0 bridgehead atoms. The van der Waals surface area contributed by atoms with Crippen LogP contribution in [0.2, 0.25) is 0 Å². The zero-order valence-corrected chi connectivity index (χ0v) is 37.4. The average molecular weight is 894 g/mol. The topological polar surface area (TPSA) is 264 Å². The lowest BCUT2D eigenvalue weighted by atomic mass is 9.47. The zero-order chi connectivity index (χ0) is 44.9. The number of azide groups is 1. The van der Waals surface area contributed by atoms with Crippen molar-refractivity contribution in [1.82, 2.24) is 0 Å². The molecule has 0 aromatic carbocycles. The van der Waals surface area contributed by atoms with Crippen molar-refractivity contribution in [3.8, 4) is 0 Å². The highest BCUT2D eigenvalue weighted by atomic mass is 16.8. The lowest BCUT2D eigenvalue weighted by Gasteiger charge is -2.59. The van der Waals surface area contributed by atoms with Crippen LogP contribution in [0.1, 0.15) is 99.3 Å². The fourth-order valence-corrected chi connectivity index (χ4v) is 14.1. The molecule has 5 aliphatic heterocycles. The van der Waals surface area contributed by atoms with E-state index in [1.165, 1.54) is 19.4 Å². The van der Waals surface area contributed by atoms with Gasteiger partial charge in [-0.2, -0.15) is 0 Å². The van der Waals surface area contributed by atoms with Crippen LogP contribution in [0.25, 0.3) is 10.4 Å². The second-order valence-corrected chi connectivity index (χ2v) is 21.3. The third-order valence-electron chi connectivity index (χ3n) is 17.8. The van der Waals surface area contributed by atoms with Gasteiger partial charge in [0.2, 0.25) is 0 Å². The van der Waals surface area contributed by atoms with E-state index < -0.39 is 97.9 Å². The molecule has 0 unspecified atom stereocenters. The minimum atomic E-state index is -1.73. The maximum absolute atomic E-state index is 12.1. The second kappa shape index (κ2) is 17.5. The molecule has 1 spiro atoms. The van der Waals surface area contributed by atoms with E-state index in [1.54, 1.807) is 0 Å². The summed E-state index contributed by atoms with van der Waals surface area (Å²) < 4.78 is 50.5. The van der Waals surface area contributed by atoms with Crippen LogP contribution in [0, 0.1) is 46.3 Å².